The van der Waals surface area contributed by atoms with Crippen LogP contribution in [0, 0.1) is 0 Å². The molecule has 0 aliphatic heterocycles. The van der Waals surface area contributed by atoms with Gasteiger partial charge >= 0.3 is 0 Å². The molecular formula is C11H15NOS. The molecule has 76 valence electrons. The lowest BCUT2D eigenvalue weighted by Gasteiger charge is -2.11. The van der Waals surface area contributed by atoms with Crippen molar-refractivity contribution in [3.05, 3.63) is 29.3 Å². The van der Waals surface area contributed by atoms with Gasteiger partial charge < -0.3 is 10.5 Å². The standard InChI is InChI=1S/C11H15NOS/c1-7(2)8-4-5-9(11(12)14)10(6-8)13-3/h4-7H,1-3H3,(H2,12,14). The van der Waals surface area contributed by atoms with E-state index in [1.165, 1.54) is 5.56 Å². The van der Waals surface area contributed by atoms with Gasteiger partial charge in [0.05, 0.1) is 12.7 Å². The molecule has 0 atom stereocenters. The summed E-state index contributed by atoms with van der Waals surface area (Å²) in [4.78, 5) is 0.372. The Morgan fingerprint density at radius 3 is 2.50 bits per heavy atom. The van der Waals surface area contributed by atoms with Crippen LogP contribution in [0.5, 0.6) is 5.75 Å². The van der Waals surface area contributed by atoms with Crippen molar-refractivity contribution < 1.29 is 4.74 Å². The Kier molecular flexibility index (Phi) is 3.47. The second-order valence-electron chi connectivity index (χ2n) is 3.48. The number of rotatable bonds is 3. The first-order valence-electron chi connectivity index (χ1n) is 4.54. The minimum absolute atomic E-state index is 0.372. The quantitative estimate of drug-likeness (QED) is 0.777. The summed E-state index contributed by atoms with van der Waals surface area (Å²) in [5, 5.41) is 0. The van der Waals surface area contributed by atoms with Gasteiger partial charge in [-0.1, -0.05) is 32.1 Å². The van der Waals surface area contributed by atoms with Crippen LogP contribution in [0.1, 0.15) is 30.9 Å². The highest BCUT2D eigenvalue weighted by atomic mass is 32.1. The zero-order valence-corrected chi connectivity index (χ0v) is 9.52. The molecule has 0 aliphatic rings. The van der Waals surface area contributed by atoms with E-state index in [1.54, 1.807) is 7.11 Å². The molecule has 0 saturated carbocycles. The van der Waals surface area contributed by atoms with Crippen molar-refractivity contribution in [2.24, 2.45) is 5.73 Å². The predicted octanol–water partition coefficient (Wildman–Crippen LogP) is 2.45. The van der Waals surface area contributed by atoms with Crippen LogP contribution in [-0.4, -0.2) is 12.1 Å². The number of methoxy groups -OCH3 is 1. The van der Waals surface area contributed by atoms with Crippen molar-refractivity contribution in [2.45, 2.75) is 19.8 Å². The molecule has 1 aromatic carbocycles. The molecule has 0 unspecified atom stereocenters. The van der Waals surface area contributed by atoms with Crippen LogP contribution in [0.2, 0.25) is 0 Å². The Morgan fingerprint density at radius 2 is 2.07 bits per heavy atom. The largest absolute Gasteiger partial charge is 0.496 e. The molecule has 0 radical (unpaired) electrons. The van der Waals surface area contributed by atoms with E-state index >= 15 is 0 Å². The second kappa shape index (κ2) is 4.42. The van der Waals surface area contributed by atoms with Crippen molar-refractivity contribution in [3.8, 4) is 5.75 Å². The summed E-state index contributed by atoms with van der Waals surface area (Å²) in [6, 6.07) is 5.93. The summed E-state index contributed by atoms with van der Waals surface area (Å²) >= 11 is 4.92. The summed E-state index contributed by atoms with van der Waals surface area (Å²) in [5.74, 6) is 1.23. The van der Waals surface area contributed by atoms with Crippen molar-refractivity contribution in [1.82, 2.24) is 0 Å². The zero-order chi connectivity index (χ0) is 10.7. The molecule has 0 saturated heterocycles. The fourth-order valence-corrected chi connectivity index (χ4v) is 1.44. The second-order valence-corrected chi connectivity index (χ2v) is 3.92. The summed E-state index contributed by atoms with van der Waals surface area (Å²) < 4.78 is 5.23. The Morgan fingerprint density at radius 1 is 1.43 bits per heavy atom. The number of thiocarbonyl (C=S) groups is 1. The fourth-order valence-electron chi connectivity index (χ4n) is 1.27. The molecule has 0 fully saturated rings. The van der Waals surface area contributed by atoms with Crippen molar-refractivity contribution in [3.63, 3.8) is 0 Å². The lowest BCUT2D eigenvalue weighted by molar-refractivity contribution is 0.413. The van der Waals surface area contributed by atoms with Gasteiger partial charge in [0.2, 0.25) is 0 Å². The molecule has 2 nitrogen and oxygen atoms in total. The van der Waals surface area contributed by atoms with Gasteiger partial charge in [0, 0.05) is 0 Å². The Balaban J connectivity index is 3.18. The van der Waals surface area contributed by atoms with Crippen LogP contribution in [0.3, 0.4) is 0 Å². The summed E-state index contributed by atoms with van der Waals surface area (Å²) in [6.07, 6.45) is 0. The number of hydrogen-bond donors (Lipinski definition) is 1. The lowest BCUT2D eigenvalue weighted by atomic mass is 10.0. The average molecular weight is 209 g/mol. The maximum absolute atomic E-state index is 5.57. The van der Waals surface area contributed by atoms with Gasteiger partial charge in [-0.25, -0.2) is 0 Å². The van der Waals surface area contributed by atoms with Gasteiger partial charge in [-0.2, -0.15) is 0 Å². The molecule has 0 bridgehead atoms. The predicted molar refractivity (Wildman–Crippen MR) is 63.0 cm³/mol. The molecule has 2 N–H and O–H groups in total. The van der Waals surface area contributed by atoms with Crippen LogP contribution in [-0.2, 0) is 0 Å². The SMILES string of the molecule is COc1cc(C(C)C)ccc1C(N)=S. The van der Waals surface area contributed by atoms with Crippen LogP contribution < -0.4 is 10.5 Å². The van der Waals surface area contributed by atoms with Gasteiger partial charge in [0.1, 0.15) is 10.7 Å². The van der Waals surface area contributed by atoms with E-state index in [0.717, 1.165) is 11.3 Å². The summed E-state index contributed by atoms with van der Waals surface area (Å²) in [5.41, 5.74) is 7.59. The van der Waals surface area contributed by atoms with Crippen molar-refractivity contribution in [2.75, 3.05) is 7.11 Å². The number of ether oxygens (including phenoxy) is 1. The monoisotopic (exact) mass is 209 g/mol. The van der Waals surface area contributed by atoms with Gasteiger partial charge in [-0.15, -0.1) is 0 Å². The third-order valence-electron chi connectivity index (χ3n) is 2.16. The Bertz CT molecular complexity index is 347. The van der Waals surface area contributed by atoms with E-state index in [2.05, 4.69) is 13.8 Å². The normalized spacial score (nSPS) is 10.3. The highest BCUT2D eigenvalue weighted by Crippen LogP contribution is 2.24. The first-order valence-corrected chi connectivity index (χ1v) is 4.94. The van der Waals surface area contributed by atoms with Gasteiger partial charge in [-0.3, -0.25) is 0 Å². The molecular weight excluding hydrogens is 194 g/mol. The molecule has 1 aromatic rings. The molecule has 3 heteroatoms. The molecule has 0 aromatic heterocycles. The van der Waals surface area contributed by atoms with E-state index in [-0.39, 0.29) is 0 Å². The van der Waals surface area contributed by atoms with Crippen LogP contribution >= 0.6 is 12.2 Å². The molecule has 14 heavy (non-hydrogen) atoms. The van der Waals surface area contributed by atoms with Crippen LogP contribution in [0.25, 0.3) is 0 Å². The van der Waals surface area contributed by atoms with Crippen LogP contribution in [0.15, 0.2) is 18.2 Å². The summed E-state index contributed by atoms with van der Waals surface area (Å²) in [7, 11) is 1.63. The smallest absolute Gasteiger partial charge is 0.129 e. The minimum Gasteiger partial charge on any atom is -0.496 e. The third kappa shape index (κ3) is 2.23. The molecule has 0 spiro atoms. The number of hydrogen-bond acceptors (Lipinski definition) is 2. The zero-order valence-electron chi connectivity index (χ0n) is 8.70. The number of benzene rings is 1. The van der Waals surface area contributed by atoms with E-state index in [0.29, 0.717) is 10.9 Å². The Labute approximate surface area is 90.1 Å². The Hall–Kier alpha value is -1.09. The number of nitrogens with two attached hydrogens (primary N) is 1. The fraction of sp³-hybridized carbons (Fsp3) is 0.364. The van der Waals surface area contributed by atoms with Gasteiger partial charge in [-0.05, 0) is 23.6 Å². The van der Waals surface area contributed by atoms with E-state index in [4.69, 9.17) is 22.7 Å². The first kappa shape index (κ1) is 11.0. The molecule has 0 aliphatic carbocycles. The third-order valence-corrected chi connectivity index (χ3v) is 2.38. The highest BCUT2D eigenvalue weighted by molar-refractivity contribution is 7.80. The van der Waals surface area contributed by atoms with Crippen LogP contribution in [0.4, 0.5) is 0 Å². The minimum atomic E-state index is 0.372. The molecule has 0 amide bonds. The molecule has 0 heterocycles. The maximum atomic E-state index is 5.57. The first-order chi connectivity index (χ1) is 6.56. The topological polar surface area (TPSA) is 35.2 Å². The van der Waals surface area contributed by atoms with Crippen molar-refractivity contribution >= 4 is 17.2 Å². The van der Waals surface area contributed by atoms with E-state index in [1.807, 2.05) is 18.2 Å². The van der Waals surface area contributed by atoms with Crippen molar-refractivity contribution in [1.29, 1.82) is 0 Å². The van der Waals surface area contributed by atoms with E-state index in [9.17, 15) is 0 Å². The summed E-state index contributed by atoms with van der Waals surface area (Å²) in [6.45, 7) is 4.27. The lowest BCUT2D eigenvalue weighted by Crippen LogP contribution is -2.11. The maximum Gasteiger partial charge on any atom is 0.129 e. The average Bonchev–Trinajstić information content (AvgIpc) is 2.16. The molecule has 1 rings (SSSR count). The van der Waals surface area contributed by atoms with E-state index < -0.39 is 0 Å². The van der Waals surface area contributed by atoms with Gasteiger partial charge in [0.25, 0.3) is 0 Å². The van der Waals surface area contributed by atoms with Gasteiger partial charge in [0.15, 0.2) is 0 Å². The highest BCUT2D eigenvalue weighted by Gasteiger charge is 2.08.